The van der Waals surface area contributed by atoms with Gasteiger partial charge in [-0.15, -0.1) is 18.2 Å². The van der Waals surface area contributed by atoms with Crippen LogP contribution in [0.3, 0.4) is 0 Å². The molecule has 1 aromatic rings. The lowest BCUT2D eigenvalue weighted by Gasteiger charge is -2.30. The minimum atomic E-state index is 0.0358. The van der Waals surface area contributed by atoms with Crippen LogP contribution in [0.1, 0.15) is 26.2 Å². The molecule has 0 aromatic heterocycles. The highest BCUT2D eigenvalue weighted by molar-refractivity contribution is 8.00. The van der Waals surface area contributed by atoms with E-state index in [1.165, 1.54) is 0 Å². The average molecular weight is 341 g/mol. The number of anilines is 1. The second-order valence-corrected chi connectivity index (χ2v) is 7.51. The lowest BCUT2D eigenvalue weighted by atomic mass is 9.96. The van der Waals surface area contributed by atoms with Gasteiger partial charge in [-0.25, -0.2) is 0 Å². The number of nitrogens with zero attached hydrogens (tertiary/aromatic N) is 2. The molecule has 1 fully saturated rings. The number of para-hydroxylation sites is 1. The van der Waals surface area contributed by atoms with E-state index in [1.54, 1.807) is 11.8 Å². The molecular weight excluding hydrogens is 318 g/mol. The van der Waals surface area contributed by atoms with E-state index in [2.05, 4.69) is 22.2 Å². The Morgan fingerprint density at radius 2 is 2.17 bits per heavy atom. The highest BCUT2D eigenvalue weighted by atomic mass is 32.2. The molecule has 1 saturated heterocycles. The molecule has 1 amide bonds. The van der Waals surface area contributed by atoms with E-state index in [9.17, 15) is 4.79 Å². The van der Waals surface area contributed by atoms with Crippen molar-refractivity contribution in [3.05, 3.63) is 24.3 Å². The number of terminal acetylenes is 1. The highest BCUT2D eigenvalue weighted by Crippen LogP contribution is 2.32. The number of likely N-dealkylation sites (tertiary alicyclic amines) is 1. The van der Waals surface area contributed by atoms with E-state index < -0.39 is 0 Å². The summed E-state index contributed by atoms with van der Waals surface area (Å²) in [6.45, 7) is 4.42. The molecule has 1 heterocycles. The smallest absolute Gasteiger partial charge is 0.227 e. The van der Waals surface area contributed by atoms with Crippen LogP contribution in [-0.2, 0) is 4.79 Å². The van der Waals surface area contributed by atoms with Gasteiger partial charge in [0.1, 0.15) is 0 Å². The monoisotopic (exact) mass is 341 g/mol. The summed E-state index contributed by atoms with van der Waals surface area (Å²) in [5.74, 6) is 2.77. The summed E-state index contributed by atoms with van der Waals surface area (Å²) in [5, 5.41) is 12.1. The van der Waals surface area contributed by atoms with Crippen molar-refractivity contribution in [2.45, 2.75) is 36.3 Å². The quantitative estimate of drug-likeness (QED) is 0.637. The number of benzene rings is 1. The summed E-state index contributed by atoms with van der Waals surface area (Å²) >= 11 is 1.62. The van der Waals surface area contributed by atoms with Crippen molar-refractivity contribution in [2.24, 2.45) is 5.92 Å². The third kappa shape index (κ3) is 5.30. The Bertz CT molecular complexity index is 639. The van der Waals surface area contributed by atoms with Gasteiger partial charge in [-0.3, -0.25) is 9.69 Å². The molecule has 0 radical (unpaired) electrons. The fraction of sp³-hybridized carbons (Fsp3) is 0.474. The zero-order valence-electron chi connectivity index (χ0n) is 14.0. The first-order valence-electron chi connectivity index (χ1n) is 8.23. The SMILES string of the molecule is C#CCN1CCC(C(=O)Nc2ccccc2SC(C)CC#N)CC1. The Hall–Kier alpha value is -1.95. The largest absolute Gasteiger partial charge is 0.325 e. The highest BCUT2D eigenvalue weighted by Gasteiger charge is 2.25. The van der Waals surface area contributed by atoms with Crippen LogP contribution >= 0.6 is 11.8 Å². The molecular formula is C19H23N3OS. The van der Waals surface area contributed by atoms with Gasteiger partial charge in [0.2, 0.25) is 5.91 Å². The molecule has 5 heteroatoms. The van der Waals surface area contributed by atoms with Gasteiger partial charge in [0.05, 0.1) is 18.3 Å². The maximum Gasteiger partial charge on any atom is 0.227 e. The fourth-order valence-corrected chi connectivity index (χ4v) is 3.77. The Kier molecular flexibility index (Phi) is 7.18. The molecule has 1 aromatic carbocycles. The van der Waals surface area contributed by atoms with E-state index in [0.29, 0.717) is 13.0 Å². The molecule has 24 heavy (non-hydrogen) atoms. The summed E-state index contributed by atoms with van der Waals surface area (Å²) < 4.78 is 0. The van der Waals surface area contributed by atoms with Crippen LogP contribution in [-0.4, -0.2) is 35.7 Å². The number of nitrogens with one attached hydrogen (secondary N) is 1. The number of thioether (sulfide) groups is 1. The lowest BCUT2D eigenvalue weighted by Crippen LogP contribution is -2.38. The van der Waals surface area contributed by atoms with E-state index in [-0.39, 0.29) is 17.1 Å². The van der Waals surface area contributed by atoms with Crippen molar-refractivity contribution in [3.63, 3.8) is 0 Å². The summed E-state index contributed by atoms with van der Waals surface area (Å²) in [4.78, 5) is 15.8. The number of carbonyl (C=O) groups is 1. The zero-order chi connectivity index (χ0) is 17.4. The van der Waals surface area contributed by atoms with Gasteiger partial charge in [0.25, 0.3) is 0 Å². The maximum absolute atomic E-state index is 12.6. The van der Waals surface area contributed by atoms with E-state index in [1.807, 2.05) is 31.2 Å². The molecule has 4 nitrogen and oxygen atoms in total. The van der Waals surface area contributed by atoms with Crippen molar-refractivity contribution in [3.8, 4) is 18.4 Å². The predicted octanol–water partition coefficient (Wildman–Crippen LogP) is 3.36. The first-order chi connectivity index (χ1) is 11.6. The topological polar surface area (TPSA) is 56.1 Å². The molecule has 1 aliphatic rings. The number of nitriles is 1. The number of rotatable bonds is 6. The molecule has 126 valence electrons. The molecule has 0 bridgehead atoms. The van der Waals surface area contributed by atoms with Crippen LogP contribution < -0.4 is 5.32 Å². The Labute approximate surface area is 148 Å². The summed E-state index contributed by atoms with van der Waals surface area (Å²) in [7, 11) is 0. The predicted molar refractivity (Wildman–Crippen MR) is 98.6 cm³/mol. The van der Waals surface area contributed by atoms with Gasteiger partial charge in [0.15, 0.2) is 0 Å². The average Bonchev–Trinajstić information content (AvgIpc) is 2.58. The first-order valence-corrected chi connectivity index (χ1v) is 9.11. The Morgan fingerprint density at radius 1 is 1.46 bits per heavy atom. The molecule has 1 aliphatic heterocycles. The maximum atomic E-state index is 12.6. The zero-order valence-corrected chi connectivity index (χ0v) is 14.8. The minimum absolute atomic E-state index is 0.0358. The van der Waals surface area contributed by atoms with E-state index in [4.69, 9.17) is 11.7 Å². The Morgan fingerprint density at radius 3 is 2.83 bits per heavy atom. The molecule has 1 N–H and O–H groups in total. The van der Waals surface area contributed by atoms with Crippen molar-refractivity contribution in [1.29, 1.82) is 5.26 Å². The molecule has 1 unspecified atom stereocenters. The van der Waals surface area contributed by atoms with Crippen LogP contribution in [0.25, 0.3) is 0 Å². The second-order valence-electron chi connectivity index (χ2n) is 6.03. The fourth-order valence-electron chi connectivity index (χ4n) is 2.78. The number of carbonyl (C=O) groups excluding carboxylic acids is 1. The molecule has 0 aliphatic carbocycles. The van der Waals surface area contributed by atoms with E-state index in [0.717, 1.165) is 36.5 Å². The first kappa shape index (κ1) is 18.4. The molecule has 1 atom stereocenters. The molecule has 0 spiro atoms. The van der Waals surface area contributed by atoms with Crippen molar-refractivity contribution in [2.75, 3.05) is 25.0 Å². The van der Waals surface area contributed by atoms with Gasteiger partial charge in [-0.05, 0) is 38.1 Å². The second kappa shape index (κ2) is 9.37. The lowest BCUT2D eigenvalue weighted by molar-refractivity contribution is -0.121. The van der Waals surface area contributed by atoms with Gasteiger partial charge < -0.3 is 5.32 Å². The van der Waals surface area contributed by atoms with Crippen molar-refractivity contribution in [1.82, 2.24) is 4.90 Å². The Balaban J connectivity index is 1.95. The number of amides is 1. The van der Waals surface area contributed by atoms with Crippen LogP contribution in [0.15, 0.2) is 29.2 Å². The summed E-state index contributed by atoms with van der Waals surface area (Å²) in [5.41, 5.74) is 0.836. The standard InChI is InChI=1S/C19H23N3OS/c1-3-12-22-13-9-16(10-14-22)19(23)21-17-6-4-5-7-18(17)24-15(2)8-11-20/h1,4-7,15-16H,8-10,12-14H2,2H3,(H,21,23). The number of hydrogen-bond acceptors (Lipinski definition) is 4. The number of hydrogen-bond donors (Lipinski definition) is 1. The normalized spacial score (nSPS) is 16.8. The van der Waals surface area contributed by atoms with Crippen molar-refractivity contribution >= 4 is 23.4 Å². The van der Waals surface area contributed by atoms with Crippen LogP contribution in [0.2, 0.25) is 0 Å². The third-order valence-electron chi connectivity index (χ3n) is 4.13. The van der Waals surface area contributed by atoms with Gasteiger partial charge in [-0.2, -0.15) is 5.26 Å². The van der Waals surface area contributed by atoms with Gasteiger partial charge >= 0.3 is 0 Å². The van der Waals surface area contributed by atoms with E-state index >= 15 is 0 Å². The minimum Gasteiger partial charge on any atom is -0.325 e. The van der Waals surface area contributed by atoms with Crippen LogP contribution in [0, 0.1) is 29.6 Å². The molecule has 2 rings (SSSR count). The van der Waals surface area contributed by atoms with Crippen LogP contribution in [0.4, 0.5) is 5.69 Å². The van der Waals surface area contributed by atoms with Gasteiger partial charge in [-0.1, -0.05) is 25.0 Å². The number of piperidine rings is 1. The van der Waals surface area contributed by atoms with Gasteiger partial charge in [0, 0.05) is 22.5 Å². The summed E-state index contributed by atoms with van der Waals surface area (Å²) in [6.07, 6.45) is 7.51. The van der Waals surface area contributed by atoms with Crippen molar-refractivity contribution < 1.29 is 4.79 Å². The molecule has 0 saturated carbocycles. The third-order valence-corrected chi connectivity index (χ3v) is 5.30. The summed E-state index contributed by atoms with van der Waals surface area (Å²) in [6, 6.07) is 9.97. The van der Waals surface area contributed by atoms with Crippen LogP contribution in [0.5, 0.6) is 0 Å².